The van der Waals surface area contributed by atoms with E-state index in [4.69, 9.17) is 25.6 Å². The zero-order valence-electron chi connectivity index (χ0n) is 14.5. The van der Waals surface area contributed by atoms with Gasteiger partial charge in [0.05, 0.1) is 10.6 Å². The first-order valence-corrected chi connectivity index (χ1v) is 8.74. The molecule has 1 aromatic heterocycles. The number of halogens is 4. The van der Waals surface area contributed by atoms with Crippen molar-refractivity contribution in [3.63, 3.8) is 0 Å². The van der Waals surface area contributed by atoms with Gasteiger partial charge in [0.1, 0.15) is 13.2 Å². The fourth-order valence-electron chi connectivity index (χ4n) is 2.73. The number of ether oxygens (including phenoxy) is 2. The lowest BCUT2D eigenvalue weighted by molar-refractivity contribution is -0.137. The molecule has 2 heterocycles. The number of alkyl halides is 3. The lowest BCUT2D eigenvalue weighted by Crippen LogP contribution is -2.15. The molecule has 6 nitrogen and oxygen atoms in total. The molecule has 1 N–H and O–H groups in total. The summed E-state index contributed by atoms with van der Waals surface area (Å²) in [5.74, 6) is 0.699. The maximum atomic E-state index is 13.0. The monoisotopic (exact) mass is 424 g/mol. The summed E-state index contributed by atoms with van der Waals surface area (Å²) in [4.78, 5) is 12.3. The molecule has 0 bridgehead atoms. The Balaban J connectivity index is 1.54. The van der Waals surface area contributed by atoms with Gasteiger partial charge in [-0.3, -0.25) is 4.79 Å². The van der Waals surface area contributed by atoms with Crippen molar-refractivity contribution in [3.8, 4) is 22.8 Å². The molecule has 1 aliphatic rings. The molecule has 0 saturated carbocycles. The van der Waals surface area contributed by atoms with Gasteiger partial charge in [-0.15, -0.1) is 0 Å². The highest BCUT2D eigenvalue weighted by atomic mass is 35.5. The highest BCUT2D eigenvalue weighted by Gasteiger charge is 2.33. The van der Waals surface area contributed by atoms with Crippen molar-refractivity contribution in [1.82, 2.24) is 5.16 Å². The van der Waals surface area contributed by atoms with Crippen molar-refractivity contribution in [2.75, 3.05) is 18.5 Å². The van der Waals surface area contributed by atoms with E-state index < -0.39 is 22.7 Å². The van der Waals surface area contributed by atoms with E-state index >= 15 is 0 Å². The number of carbonyl (C=O) groups is 1. The Hall–Kier alpha value is -3.20. The Bertz CT molecular complexity index is 1080. The fraction of sp³-hybridized carbons (Fsp3) is 0.158. The summed E-state index contributed by atoms with van der Waals surface area (Å²) in [6, 6.07) is 9.55. The number of rotatable bonds is 3. The van der Waals surface area contributed by atoms with Gasteiger partial charge in [-0.05, 0) is 36.4 Å². The predicted molar refractivity (Wildman–Crippen MR) is 97.3 cm³/mol. The number of fused-ring (bicyclic) bond motifs is 1. The molecule has 2 aromatic carbocycles. The molecule has 0 radical (unpaired) electrons. The molecule has 29 heavy (non-hydrogen) atoms. The lowest BCUT2D eigenvalue weighted by atomic mass is 10.1. The lowest BCUT2D eigenvalue weighted by Gasteiger charge is -2.18. The average molecular weight is 425 g/mol. The average Bonchev–Trinajstić information content (AvgIpc) is 3.18. The van der Waals surface area contributed by atoms with E-state index in [0.717, 1.165) is 12.1 Å². The molecule has 10 heteroatoms. The Labute approximate surface area is 167 Å². The van der Waals surface area contributed by atoms with Crippen LogP contribution < -0.4 is 14.8 Å². The summed E-state index contributed by atoms with van der Waals surface area (Å²) in [6.45, 7) is 0.876. The summed E-state index contributed by atoms with van der Waals surface area (Å²) in [5.41, 5.74) is -0.616. The van der Waals surface area contributed by atoms with Crippen molar-refractivity contribution < 1.29 is 32.0 Å². The summed E-state index contributed by atoms with van der Waals surface area (Å²) in [5, 5.41) is 5.57. The Morgan fingerprint density at radius 2 is 1.79 bits per heavy atom. The van der Waals surface area contributed by atoms with Crippen LogP contribution in [0.4, 0.5) is 18.9 Å². The smallest absolute Gasteiger partial charge is 0.417 e. The van der Waals surface area contributed by atoms with Gasteiger partial charge in [-0.25, -0.2) is 0 Å². The minimum absolute atomic E-state index is 0.0735. The first-order valence-electron chi connectivity index (χ1n) is 8.36. The van der Waals surface area contributed by atoms with Crippen LogP contribution in [0, 0.1) is 0 Å². The first kappa shape index (κ1) is 19.1. The fourth-order valence-corrected chi connectivity index (χ4v) is 2.95. The van der Waals surface area contributed by atoms with Crippen molar-refractivity contribution in [2.24, 2.45) is 0 Å². The zero-order valence-corrected chi connectivity index (χ0v) is 15.3. The Morgan fingerprint density at radius 1 is 1.03 bits per heavy atom. The van der Waals surface area contributed by atoms with E-state index in [9.17, 15) is 18.0 Å². The second-order valence-electron chi connectivity index (χ2n) is 6.08. The molecule has 1 amide bonds. The molecule has 0 saturated heterocycles. The molecule has 0 fully saturated rings. The van der Waals surface area contributed by atoms with Gasteiger partial charge in [-0.1, -0.05) is 16.8 Å². The highest BCUT2D eigenvalue weighted by molar-refractivity contribution is 6.31. The van der Waals surface area contributed by atoms with Gasteiger partial charge in [0.2, 0.25) is 0 Å². The second-order valence-corrected chi connectivity index (χ2v) is 6.49. The van der Waals surface area contributed by atoms with E-state index in [-0.39, 0.29) is 11.4 Å². The Morgan fingerprint density at radius 3 is 2.55 bits per heavy atom. The van der Waals surface area contributed by atoms with Crippen LogP contribution in [-0.4, -0.2) is 24.3 Å². The summed E-state index contributed by atoms with van der Waals surface area (Å²) in [7, 11) is 0. The van der Waals surface area contributed by atoms with Gasteiger partial charge in [0.25, 0.3) is 5.91 Å². The zero-order chi connectivity index (χ0) is 20.6. The third-order valence-corrected chi connectivity index (χ3v) is 4.43. The van der Waals surface area contributed by atoms with E-state index in [2.05, 4.69) is 10.5 Å². The molecular weight excluding hydrogens is 413 g/mol. The maximum absolute atomic E-state index is 13.0. The maximum Gasteiger partial charge on any atom is 0.417 e. The number of carbonyl (C=O) groups excluding carboxylic acids is 1. The number of benzene rings is 2. The van der Waals surface area contributed by atoms with Crippen LogP contribution in [0.5, 0.6) is 11.5 Å². The Kier molecular flexibility index (Phi) is 4.83. The quantitative estimate of drug-likeness (QED) is 0.638. The summed E-state index contributed by atoms with van der Waals surface area (Å²) < 4.78 is 55.0. The second kappa shape index (κ2) is 7.32. The number of hydrogen-bond acceptors (Lipinski definition) is 5. The van der Waals surface area contributed by atoms with Gasteiger partial charge in [-0.2, -0.15) is 13.2 Å². The van der Waals surface area contributed by atoms with Crippen LogP contribution in [0.2, 0.25) is 5.02 Å². The first-order chi connectivity index (χ1) is 13.8. The van der Waals surface area contributed by atoms with Crippen LogP contribution in [-0.2, 0) is 6.18 Å². The number of nitrogens with zero attached hydrogens (tertiary/aromatic N) is 1. The third kappa shape index (κ3) is 4.00. The topological polar surface area (TPSA) is 73.6 Å². The van der Waals surface area contributed by atoms with Gasteiger partial charge in [0, 0.05) is 17.3 Å². The normalized spacial score (nSPS) is 13.2. The van der Waals surface area contributed by atoms with E-state index in [1.807, 2.05) is 0 Å². The minimum atomic E-state index is -4.64. The van der Waals surface area contributed by atoms with E-state index in [0.29, 0.717) is 36.0 Å². The van der Waals surface area contributed by atoms with Gasteiger partial charge in [0.15, 0.2) is 23.0 Å². The minimum Gasteiger partial charge on any atom is -0.486 e. The molecule has 0 aliphatic carbocycles. The summed E-state index contributed by atoms with van der Waals surface area (Å²) in [6.07, 6.45) is -4.64. The van der Waals surface area contributed by atoms with Crippen molar-refractivity contribution >= 4 is 23.2 Å². The van der Waals surface area contributed by atoms with Crippen LogP contribution in [0.25, 0.3) is 11.3 Å². The van der Waals surface area contributed by atoms with Crippen molar-refractivity contribution in [3.05, 3.63) is 58.7 Å². The highest BCUT2D eigenvalue weighted by Crippen LogP contribution is 2.37. The number of aromatic nitrogens is 1. The summed E-state index contributed by atoms with van der Waals surface area (Å²) >= 11 is 5.58. The number of nitrogens with one attached hydrogen (secondary N) is 1. The largest absolute Gasteiger partial charge is 0.486 e. The van der Waals surface area contributed by atoms with Crippen LogP contribution >= 0.6 is 11.6 Å². The number of anilines is 1. The third-order valence-electron chi connectivity index (χ3n) is 4.10. The molecule has 1 aliphatic heterocycles. The van der Waals surface area contributed by atoms with Crippen molar-refractivity contribution in [1.29, 1.82) is 0 Å². The van der Waals surface area contributed by atoms with Crippen molar-refractivity contribution in [2.45, 2.75) is 6.18 Å². The van der Waals surface area contributed by atoms with Crippen LogP contribution in [0.1, 0.15) is 16.1 Å². The molecule has 0 unspecified atom stereocenters. The molecular formula is C19H12ClF3N2O4. The molecule has 150 valence electrons. The van der Waals surface area contributed by atoms with Gasteiger partial charge >= 0.3 is 6.18 Å². The molecule has 0 spiro atoms. The van der Waals surface area contributed by atoms with E-state index in [1.54, 1.807) is 18.2 Å². The van der Waals surface area contributed by atoms with E-state index in [1.165, 1.54) is 12.1 Å². The van der Waals surface area contributed by atoms with Crippen LogP contribution in [0.3, 0.4) is 0 Å². The molecule has 0 atom stereocenters. The van der Waals surface area contributed by atoms with Gasteiger partial charge < -0.3 is 19.3 Å². The molecule has 4 rings (SSSR count). The SMILES string of the molecule is O=C(Nc1ccc(Cl)c(C(F)(F)F)c1)c1cc(-c2ccc3c(c2)OCCO3)on1. The number of hydrogen-bond donors (Lipinski definition) is 1. The number of amides is 1. The van der Waals surface area contributed by atoms with Crippen LogP contribution in [0.15, 0.2) is 47.0 Å². The standard InChI is InChI=1S/C19H12ClF3N2O4/c20-13-3-2-11(8-12(13)19(21,22)23)24-18(26)14-9-16(29-25-14)10-1-4-15-17(7-10)28-6-5-27-15/h1-4,7-9H,5-6H2,(H,24,26). The predicted octanol–water partition coefficient (Wildman–Crippen LogP) is 5.04. The molecule has 3 aromatic rings.